The fourth-order valence-corrected chi connectivity index (χ4v) is 4.94. The molecule has 0 spiro atoms. The van der Waals surface area contributed by atoms with Gasteiger partial charge in [0.05, 0.1) is 5.51 Å². The lowest BCUT2D eigenvalue weighted by molar-refractivity contribution is 0.0687. The first kappa shape index (κ1) is 14.4. The zero-order chi connectivity index (χ0) is 14.2. The van der Waals surface area contributed by atoms with Crippen molar-refractivity contribution in [2.45, 2.75) is 36.9 Å². The van der Waals surface area contributed by atoms with Crippen LogP contribution in [0.3, 0.4) is 0 Å². The van der Waals surface area contributed by atoms with Gasteiger partial charge >= 0.3 is 5.97 Å². The van der Waals surface area contributed by atoms with Crippen molar-refractivity contribution in [3.8, 4) is 0 Å². The van der Waals surface area contributed by atoms with Crippen LogP contribution in [0.25, 0.3) is 0 Å². The monoisotopic (exact) mass is 304 g/mol. The van der Waals surface area contributed by atoms with Gasteiger partial charge in [0.15, 0.2) is 9.90 Å². The van der Waals surface area contributed by atoms with Gasteiger partial charge < -0.3 is 5.11 Å². The third kappa shape index (κ3) is 2.96. The van der Waals surface area contributed by atoms with Crippen molar-refractivity contribution < 1.29 is 18.3 Å². The normalized spacial score (nSPS) is 16.2. The number of aromatic nitrogens is 1. The predicted molar refractivity (Wildman–Crippen MR) is 70.8 cm³/mol. The Balaban J connectivity index is 2.39. The van der Waals surface area contributed by atoms with E-state index in [1.165, 1.54) is 9.82 Å². The maximum Gasteiger partial charge on any atom is 0.356 e. The third-order valence-corrected chi connectivity index (χ3v) is 6.05. The second-order valence-corrected chi connectivity index (χ2v) is 7.93. The Hall–Kier alpha value is -0.990. The molecule has 106 valence electrons. The van der Waals surface area contributed by atoms with E-state index in [0.29, 0.717) is 6.54 Å². The van der Waals surface area contributed by atoms with Crippen LogP contribution >= 0.6 is 11.3 Å². The molecule has 0 atom stereocenters. The molecule has 0 aliphatic heterocycles. The Kier molecular flexibility index (Phi) is 3.93. The van der Waals surface area contributed by atoms with Gasteiger partial charge in [-0.2, -0.15) is 4.31 Å². The maximum absolute atomic E-state index is 12.6. The van der Waals surface area contributed by atoms with E-state index in [-0.39, 0.29) is 21.9 Å². The number of hydrogen-bond donors (Lipinski definition) is 1. The largest absolute Gasteiger partial charge is 0.476 e. The second-order valence-electron chi connectivity index (χ2n) is 4.99. The molecule has 8 heteroatoms. The summed E-state index contributed by atoms with van der Waals surface area (Å²) in [5.41, 5.74) is 0.885. The molecule has 2 rings (SSSR count). The predicted octanol–water partition coefficient (Wildman–Crippen LogP) is 1.65. The molecule has 0 unspecified atom stereocenters. The van der Waals surface area contributed by atoms with Crippen LogP contribution < -0.4 is 0 Å². The van der Waals surface area contributed by atoms with Gasteiger partial charge in [-0.3, -0.25) is 0 Å². The van der Waals surface area contributed by atoms with E-state index in [4.69, 9.17) is 5.11 Å². The highest BCUT2D eigenvalue weighted by molar-refractivity contribution is 7.91. The molecule has 6 nitrogen and oxygen atoms in total. The molecule has 1 aliphatic carbocycles. The molecule has 0 saturated heterocycles. The van der Waals surface area contributed by atoms with Crippen molar-refractivity contribution in [3.63, 3.8) is 0 Å². The maximum atomic E-state index is 12.6. The minimum Gasteiger partial charge on any atom is -0.476 e. The highest BCUT2D eigenvalue weighted by Gasteiger charge is 2.40. The number of carbonyl (C=O) groups is 1. The van der Waals surface area contributed by atoms with E-state index in [1.54, 1.807) is 0 Å². The fraction of sp³-hybridized carbons (Fsp3) is 0.636. The van der Waals surface area contributed by atoms with Gasteiger partial charge in [-0.25, -0.2) is 18.2 Å². The van der Waals surface area contributed by atoms with Crippen molar-refractivity contribution in [2.24, 2.45) is 5.92 Å². The molecule has 0 radical (unpaired) electrons. The van der Waals surface area contributed by atoms with Crippen molar-refractivity contribution in [1.82, 2.24) is 9.29 Å². The van der Waals surface area contributed by atoms with Crippen molar-refractivity contribution in [3.05, 3.63) is 11.2 Å². The molecule has 1 N–H and O–H groups in total. The Morgan fingerprint density at radius 3 is 2.68 bits per heavy atom. The Morgan fingerprint density at radius 1 is 1.58 bits per heavy atom. The SMILES string of the molecule is CC(C)CN(C1CC1)S(=O)(=O)c1scnc1C(=O)O. The number of rotatable bonds is 6. The number of thiazole rings is 1. The van der Waals surface area contributed by atoms with Crippen molar-refractivity contribution in [1.29, 1.82) is 0 Å². The van der Waals surface area contributed by atoms with Gasteiger partial charge in [-0.05, 0) is 18.8 Å². The van der Waals surface area contributed by atoms with Gasteiger partial charge in [-0.15, -0.1) is 11.3 Å². The van der Waals surface area contributed by atoms with E-state index in [9.17, 15) is 13.2 Å². The van der Waals surface area contributed by atoms with Crippen LogP contribution in [0.2, 0.25) is 0 Å². The van der Waals surface area contributed by atoms with Gasteiger partial charge in [0.2, 0.25) is 0 Å². The van der Waals surface area contributed by atoms with Gasteiger partial charge in [0.1, 0.15) is 0 Å². The summed E-state index contributed by atoms with van der Waals surface area (Å²) in [5, 5.41) is 9.00. The number of carboxylic acids is 1. The molecule has 0 bridgehead atoms. The summed E-state index contributed by atoms with van der Waals surface area (Å²) in [6.45, 7) is 4.29. The van der Waals surface area contributed by atoms with Crippen LogP contribution in [0.5, 0.6) is 0 Å². The van der Waals surface area contributed by atoms with Crippen molar-refractivity contribution in [2.75, 3.05) is 6.54 Å². The van der Waals surface area contributed by atoms with E-state index >= 15 is 0 Å². The zero-order valence-corrected chi connectivity index (χ0v) is 12.4. The lowest BCUT2D eigenvalue weighted by Crippen LogP contribution is -2.36. The number of aromatic carboxylic acids is 1. The van der Waals surface area contributed by atoms with Crippen LogP contribution in [0.4, 0.5) is 0 Å². The lowest BCUT2D eigenvalue weighted by Gasteiger charge is -2.22. The number of sulfonamides is 1. The summed E-state index contributed by atoms with van der Waals surface area (Å²) < 4.78 is 26.4. The van der Waals surface area contributed by atoms with Crippen LogP contribution in [0, 0.1) is 5.92 Å². The van der Waals surface area contributed by atoms with Gasteiger partial charge in [0, 0.05) is 12.6 Å². The lowest BCUT2D eigenvalue weighted by atomic mass is 10.2. The Morgan fingerprint density at radius 2 is 2.21 bits per heavy atom. The highest BCUT2D eigenvalue weighted by atomic mass is 32.2. The Labute approximate surface area is 116 Å². The molecular formula is C11H16N2O4S2. The average molecular weight is 304 g/mol. The topological polar surface area (TPSA) is 87.6 Å². The summed E-state index contributed by atoms with van der Waals surface area (Å²) in [4.78, 5) is 14.7. The first-order chi connectivity index (χ1) is 8.84. The van der Waals surface area contributed by atoms with E-state index < -0.39 is 16.0 Å². The molecule has 0 amide bonds. The van der Waals surface area contributed by atoms with E-state index in [2.05, 4.69) is 4.98 Å². The standard InChI is InChI=1S/C11H16N2O4S2/c1-7(2)5-13(8-3-4-8)19(16,17)11-9(10(14)15)12-6-18-11/h6-8H,3-5H2,1-2H3,(H,14,15). The zero-order valence-electron chi connectivity index (χ0n) is 10.7. The van der Waals surface area contributed by atoms with Crippen molar-refractivity contribution >= 4 is 27.3 Å². The molecule has 1 aromatic heterocycles. The third-order valence-electron chi connectivity index (χ3n) is 2.78. The number of hydrogen-bond acceptors (Lipinski definition) is 5. The summed E-state index contributed by atoms with van der Waals surface area (Å²) in [7, 11) is -3.76. The summed E-state index contributed by atoms with van der Waals surface area (Å²) >= 11 is 0.864. The molecule has 0 aromatic carbocycles. The quantitative estimate of drug-likeness (QED) is 0.863. The van der Waals surface area contributed by atoms with Crippen LogP contribution in [-0.2, 0) is 10.0 Å². The first-order valence-electron chi connectivity index (χ1n) is 6.02. The van der Waals surface area contributed by atoms with E-state index in [0.717, 1.165) is 24.2 Å². The van der Waals surface area contributed by atoms with E-state index in [1.807, 2.05) is 13.8 Å². The molecule has 1 aliphatic rings. The second kappa shape index (κ2) is 5.18. The van der Waals surface area contributed by atoms with Crippen LogP contribution in [0.1, 0.15) is 37.2 Å². The van der Waals surface area contributed by atoms with Crippen LogP contribution in [-0.4, -0.2) is 41.4 Å². The number of nitrogens with zero attached hydrogens (tertiary/aromatic N) is 2. The summed E-state index contributed by atoms with van der Waals surface area (Å²) in [5.74, 6) is -1.11. The molecule has 1 fully saturated rings. The minimum atomic E-state index is -3.76. The fourth-order valence-electron chi connectivity index (χ4n) is 1.83. The average Bonchev–Trinajstić information content (AvgIpc) is 2.99. The first-order valence-corrected chi connectivity index (χ1v) is 8.34. The molecule has 1 heterocycles. The summed E-state index contributed by atoms with van der Waals surface area (Å²) in [6.07, 6.45) is 1.68. The summed E-state index contributed by atoms with van der Waals surface area (Å²) in [6, 6.07) is 0.0103. The minimum absolute atomic E-state index is 0.0103. The molecule has 1 saturated carbocycles. The van der Waals surface area contributed by atoms with Gasteiger partial charge in [-0.1, -0.05) is 13.8 Å². The number of carboxylic acid groups (broad SMARTS) is 1. The Bertz CT molecular complexity index is 575. The van der Waals surface area contributed by atoms with Crippen LogP contribution in [0.15, 0.2) is 9.72 Å². The molecule has 1 aromatic rings. The smallest absolute Gasteiger partial charge is 0.356 e. The molecule has 19 heavy (non-hydrogen) atoms. The highest BCUT2D eigenvalue weighted by Crippen LogP contribution is 2.34. The van der Waals surface area contributed by atoms with Gasteiger partial charge in [0.25, 0.3) is 10.0 Å². The molecular weight excluding hydrogens is 288 g/mol.